The van der Waals surface area contributed by atoms with Gasteiger partial charge >= 0.3 is 0 Å². The maximum Gasteiger partial charge on any atom is 0.191 e. The van der Waals surface area contributed by atoms with Crippen LogP contribution >= 0.6 is 24.0 Å². The molecule has 1 fully saturated rings. The van der Waals surface area contributed by atoms with E-state index in [0.717, 1.165) is 44.0 Å². The molecule has 1 aromatic heterocycles. The molecule has 3 rings (SSSR count). The number of nitrogens with zero attached hydrogens (tertiary/aromatic N) is 4. The number of hydrogen-bond acceptors (Lipinski definition) is 3. The maximum atomic E-state index is 4.38. The highest BCUT2D eigenvalue weighted by Crippen LogP contribution is 2.18. The monoisotopic (exact) mass is 524 g/mol. The van der Waals surface area contributed by atoms with Crippen molar-refractivity contribution in [2.24, 2.45) is 4.99 Å². The van der Waals surface area contributed by atoms with E-state index >= 15 is 0 Å². The van der Waals surface area contributed by atoms with Gasteiger partial charge in [-0.1, -0.05) is 37.6 Å². The van der Waals surface area contributed by atoms with Crippen LogP contribution in [0.3, 0.4) is 0 Å². The Hall–Kier alpha value is -1.61. The third-order valence-electron chi connectivity index (χ3n) is 5.86. The van der Waals surface area contributed by atoms with Crippen molar-refractivity contribution < 1.29 is 0 Å². The summed E-state index contributed by atoms with van der Waals surface area (Å²) in [5.41, 5.74) is 2.54. The van der Waals surface area contributed by atoms with Gasteiger partial charge in [-0.2, -0.15) is 0 Å². The highest BCUT2D eigenvalue weighted by molar-refractivity contribution is 14.0. The van der Waals surface area contributed by atoms with Crippen LogP contribution in [0.2, 0.25) is 0 Å². The zero-order valence-corrected chi connectivity index (χ0v) is 20.9. The Morgan fingerprint density at radius 3 is 2.80 bits per heavy atom. The molecule has 1 saturated heterocycles. The molecular weight excluding hydrogens is 487 g/mol. The molecule has 2 heterocycles. The summed E-state index contributed by atoms with van der Waals surface area (Å²) in [6.45, 7) is 9.19. The summed E-state index contributed by atoms with van der Waals surface area (Å²) in [5.74, 6) is 1.91. The normalized spacial score (nSPS) is 17.4. The van der Waals surface area contributed by atoms with Crippen LogP contribution in [0.25, 0.3) is 0 Å². The first-order chi connectivity index (χ1) is 14.2. The largest absolute Gasteiger partial charge is 0.355 e. The van der Waals surface area contributed by atoms with Gasteiger partial charge in [0.25, 0.3) is 0 Å². The Labute approximate surface area is 198 Å². The zero-order valence-electron chi connectivity index (χ0n) is 18.6. The molecule has 1 aromatic carbocycles. The van der Waals surface area contributed by atoms with Crippen LogP contribution in [0, 0.1) is 6.92 Å². The second-order valence-corrected chi connectivity index (χ2v) is 7.87. The molecule has 30 heavy (non-hydrogen) atoms. The van der Waals surface area contributed by atoms with Crippen LogP contribution in [-0.4, -0.2) is 53.1 Å². The van der Waals surface area contributed by atoms with Gasteiger partial charge in [0.2, 0.25) is 0 Å². The minimum atomic E-state index is 0. The van der Waals surface area contributed by atoms with Crippen molar-refractivity contribution in [3.63, 3.8) is 0 Å². The van der Waals surface area contributed by atoms with Crippen LogP contribution < -0.4 is 10.6 Å². The van der Waals surface area contributed by atoms with Crippen molar-refractivity contribution in [1.82, 2.24) is 25.1 Å². The number of guanidine groups is 1. The highest BCUT2D eigenvalue weighted by atomic mass is 127. The minimum absolute atomic E-state index is 0. The fourth-order valence-electron chi connectivity index (χ4n) is 4.15. The van der Waals surface area contributed by atoms with Crippen LogP contribution in [0.1, 0.15) is 49.6 Å². The molecule has 166 valence electrons. The van der Waals surface area contributed by atoms with Crippen molar-refractivity contribution in [2.75, 3.05) is 26.7 Å². The Balaban J connectivity index is 0.00000320. The lowest BCUT2D eigenvalue weighted by Gasteiger charge is -2.35. The van der Waals surface area contributed by atoms with E-state index in [1.807, 2.05) is 26.4 Å². The first-order valence-electron chi connectivity index (χ1n) is 10.9. The van der Waals surface area contributed by atoms with Gasteiger partial charge in [-0.25, -0.2) is 4.98 Å². The van der Waals surface area contributed by atoms with Gasteiger partial charge in [0.1, 0.15) is 5.82 Å². The lowest BCUT2D eigenvalue weighted by molar-refractivity contribution is 0.147. The number of imidazole rings is 1. The molecule has 7 heteroatoms. The average molecular weight is 524 g/mol. The summed E-state index contributed by atoms with van der Waals surface area (Å²) < 4.78 is 2.16. The van der Waals surface area contributed by atoms with Crippen molar-refractivity contribution in [3.05, 3.63) is 53.6 Å². The second-order valence-electron chi connectivity index (χ2n) is 7.87. The van der Waals surface area contributed by atoms with Gasteiger partial charge in [0.05, 0.1) is 0 Å². The van der Waals surface area contributed by atoms with Crippen molar-refractivity contribution in [2.45, 2.75) is 58.7 Å². The summed E-state index contributed by atoms with van der Waals surface area (Å²) in [6.07, 6.45) is 9.18. The Morgan fingerprint density at radius 1 is 1.23 bits per heavy atom. The first kappa shape index (κ1) is 24.7. The number of nitrogens with one attached hydrogen (secondary N) is 2. The second kappa shape index (κ2) is 12.9. The fraction of sp³-hybridized carbons (Fsp3) is 0.565. The van der Waals surface area contributed by atoms with Crippen molar-refractivity contribution in [3.8, 4) is 0 Å². The molecule has 6 nitrogen and oxygen atoms in total. The molecule has 0 aliphatic carbocycles. The molecule has 0 saturated carbocycles. The SMILES string of the molecule is CCC1CCCCN1CCNC(=NC)NCc1cccc(Cn2ccnc2C)c1.I. The summed E-state index contributed by atoms with van der Waals surface area (Å²) in [5, 5.41) is 6.92. The van der Waals surface area contributed by atoms with E-state index in [1.54, 1.807) is 0 Å². The topological polar surface area (TPSA) is 57.5 Å². The molecule has 1 unspecified atom stereocenters. The van der Waals surface area contributed by atoms with Gasteiger partial charge < -0.3 is 15.2 Å². The number of likely N-dealkylation sites (tertiary alicyclic amines) is 1. The average Bonchev–Trinajstić information content (AvgIpc) is 3.15. The number of aromatic nitrogens is 2. The van der Waals surface area contributed by atoms with Gasteiger partial charge in [-0.05, 0) is 43.9 Å². The van der Waals surface area contributed by atoms with E-state index in [0.29, 0.717) is 0 Å². The van der Waals surface area contributed by atoms with E-state index < -0.39 is 0 Å². The third-order valence-corrected chi connectivity index (χ3v) is 5.86. The summed E-state index contributed by atoms with van der Waals surface area (Å²) >= 11 is 0. The summed E-state index contributed by atoms with van der Waals surface area (Å²) in [6, 6.07) is 9.44. The molecule has 0 amide bonds. The van der Waals surface area contributed by atoms with E-state index in [-0.39, 0.29) is 24.0 Å². The van der Waals surface area contributed by atoms with Gasteiger partial charge in [-0.3, -0.25) is 9.89 Å². The van der Waals surface area contributed by atoms with Crippen LogP contribution in [0.15, 0.2) is 41.7 Å². The first-order valence-corrected chi connectivity index (χ1v) is 10.9. The van der Waals surface area contributed by atoms with E-state index in [2.05, 4.69) is 61.3 Å². The van der Waals surface area contributed by atoms with Crippen LogP contribution in [0.4, 0.5) is 0 Å². The van der Waals surface area contributed by atoms with E-state index in [9.17, 15) is 0 Å². The third kappa shape index (κ3) is 7.27. The molecule has 0 spiro atoms. The van der Waals surface area contributed by atoms with E-state index in [4.69, 9.17) is 0 Å². The van der Waals surface area contributed by atoms with Gasteiger partial charge in [0, 0.05) is 51.7 Å². The molecule has 1 aliphatic heterocycles. The molecule has 0 bridgehead atoms. The predicted octanol–water partition coefficient (Wildman–Crippen LogP) is 3.79. The standard InChI is InChI=1S/C23H36N6.HI/c1-4-22-10-5-6-13-28(22)14-12-26-23(24-3)27-17-20-8-7-9-21(16-20)18-29-15-11-25-19(29)2;/h7-9,11,15-16,22H,4-6,10,12-14,17-18H2,1-3H3,(H2,24,26,27);1H. The molecular formula is C23H37IN6. The Kier molecular flexibility index (Phi) is 10.6. The van der Waals surface area contributed by atoms with Gasteiger partial charge in [-0.15, -0.1) is 24.0 Å². The molecule has 1 atom stereocenters. The van der Waals surface area contributed by atoms with Crippen LogP contribution in [-0.2, 0) is 13.1 Å². The Morgan fingerprint density at radius 2 is 2.07 bits per heavy atom. The van der Waals surface area contributed by atoms with Crippen LogP contribution in [0.5, 0.6) is 0 Å². The lowest BCUT2D eigenvalue weighted by Crippen LogP contribution is -2.45. The molecule has 2 aromatic rings. The molecule has 1 aliphatic rings. The fourth-order valence-corrected chi connectivity index (χ4v) is 4.15. The minimum Gasteiger partial charge on any atom is -0.355 e. The number of hydrogen-bond donors (Lipinski definition) is 2. The Bertz CT molecular complexity index is 788. The van der Waals surface area contributed by atoms with E-state index in [1.165, 1.54) is 43.4 Å². The number of rotatable bonds is 8. The number of halogens is 1. The number of aliphatic imine (C=N–C) groups is 1. The highest BCUT2D eigenvalue weighted by Gasteiger charge is 2.19. The summed E-state index contributed by atoms with van der Waals surface area (Å²) in [7, 11) is 1.84. The molecule has 0 radical (unpaired) electrons. The lowest BCUT2D eigenvalue weighted by atomic mass is 10.0. The van der Waals surface area contributed by atoms with Crippen molar-refractivity contribution >= 4 is 29.9 Å². The zero-order chi connectivity index (χ0) is 20.5. The quantitative estimate of drug-likeness (QED) is 0.314. The number of aryl methyl sites for hydroxylation is 1. The number of piperidine rings is 1. The predicted molar refractivity (Wildman–Crippen MR) is 136 cm³/mol. The maximum absolute atomic E-state index is 4.38. The number of benzene rings is 1. The smallest absolute Gasteiger partial charge is 0.191 e. The molecule has 2 N–H and O–H groups in total. The van der Waals surface area contributed by atoms with Gasteiger partial charge in [0.15, 0.2) is 5.96 Å². The van der Waals surface area contributed by atoms with Crippen molar-refractivity contribution in [1.29, 1.82) is 0 Å². The summed E-state index contributed by atoms with van der Waals surface area (Å²) in [4.78, 5) is 11.3.